The van der Waals surface area contributed by atoms with Gasteiger partial charge in [-0.15, -0.1) is 0 Å². The number of anilines is 1. The molecule has 0 fully saturated rings. The zero-order valence-corrected chi connectivity index (χ0v) is 16.3. The van der Waals surface area contributed by atoms with Crippen molar-refractivity contribution in [2.45, 2.75) is 17.9 Å². The Labute approximate surface area is 163 Å². The highest BCUT2D eigenvalue weighted by Crippen LogP contribution is 2.34. The minimum Gasteiger partial charge on any atom is -0.486 e. The van der Waals surface area contributed by atoms with Crippen molar-refractivity contribution in [1.29, 1.82) is 0 Å². The number of nitrogens with zero attached hydrogens (tertiary/aromatic N) is 2. The largest absolute Gasteiger partial charge is 0.486 e. The number of nitro benzene ring substituents is 1. The molecule has 3 rings (SSSR count). The van der Waals surface area contributed by atoms with E-state index in [4.69, 9.17) is 9.47 Å². The van der Waals surface area contributed by atoms with Crippen molar-refractivity contribution in [2.24, 2.45) is 0 Å². The molecule has 1 aliphatic rings. The van der Waals surface area contributed by atoms with E-state index in [2.05, 4.69) is 4.72 Å². The summed E-state index contributed by atoms with van der Waals surface area (Å²) in [5, 5.41) is 11.6. The number of nitro groups is 1. The first-order valence-electron chi connectivity index (χ1n) is 8.71. The first-order chi connectivity index (χ1) is 13.4. The summed E-state index contributed by atoms with van der Waals surface area (Å²) in [6.45, 7) is 3.00. The van der Waals surface area contributed by atoms with Gasteiger partial charge in [-0.3, -0.25) is 10.1 Å². The van der Waals surface area contributed by atoms with Crippen molar-refractivity contribution in [1.82, 2.24) is 4.72 Å². The van der Waals surface area contributed by atoms with Crippen LogP contribution in [-0.2, 0) is 10.0 Å². The Balaban J connectivity index is 1.87. The molecule has 1 heterocycles. The average Bonchev–Trinajstić information content (AvgIpc) is 2.71. The van der Waals surface area contributed by atoms with Crippen LogP contribution in [0, 0.1) is 10.1 Å². The number of hydrogen-bond acceptors (Lipinski definition) is 7. The van der Waals surface area contributed by atoms with Crippen molar-refractivity contribution in [3.8, 4) is 11.5 Å². The molecule has 0 spiro atoms. The third-order valence-corrected chi connectivity index (χ3v) is 5.85. The first kappa shape index (κ1) is 19.9. The molecule has 1 atom stereocenters. The number of ether oxygens (including phenoxy) is 2. The maximum absolute atomic E-state index is 12.0. The van der Waals surface area contributed by atoms with E-state index in [1.807, 2.05) is 25.1 Å². The van der Waals surface area contributed by atoms with Crippen molar-refractivity contribution in [3.05, 3.63) is 52.6 Å². The van der Waals surface area contributed by atoms with Crippen molar-refractivity contribution in [2.75, 3.05) is 31.6 Å². The molecule has 9 nitrogen and oxygen atoms in total. The number of hydrogen-bond donors (Lipinski definition) is 1. The summed E-state index contributed by atoms with van der Waals surface area (Å²) < 4.78 is 37.8. The molecule has 10 heteroatoms. The summed E-state index contributed by atoms with van der Waals surface area (Å²) in [6, 6.07) is 11.2. The van der Waals surface area contributed by atoms with Crippen LogP contribution in [0.25, 0.3) is 0 Å². The quantitative estimate of drug-likeness (QED) is 0.553. The lowest BCUT2D eigenvalue weighted by Gasteiger charge is -2.31. The Hall–Kier alpha value is -2.85. The zero-order valence-electron chi connectivity index (χ0n) is 15.5. The van der Waals surface area contributed by atoms with Gasteiger partial charge in [0.25, 0.3) is 5.69 Å². The topological polar surface area (TPSA) is 111 Å². The summed E-state index contributed by atoms with van der Waals surface area (Å²) in [6.07, 6.45) is -0.324. The van der Waals surface area contributed by atoms with E-state index >= 15 is 0 Å². The summed E-state index contributed by atoms with van der Waals surface area (Å²) >= 11 is 0. The molecule has 0 radical (unpaired) electrons. The summed E-state index contributed by atoms with van der Waals surface area (Å²) in [7, 11) is -2.53. The van der Waals surface area contributed by atoms with Gasteiger partial charge in [-0.2, -0.15) is 0 Å². The molecule has 28 heavy (non-hydrogen) atoms. The Morgan fingerprint density at radius 3 is 2.61 bits per heavy atom. The normalized spacial score (nSPS) is 15.9. The molecule has 0 bridgehead atoms. The van der Waals surface area contributed by atoms with Gasteiger partial charge in [0.15, 0.2) is 17.6 Å². The maximum atomic E-state index is 12.0. The maximum Gasteiger partial charge on any atom is 0.293 e. The minimum absolute atomic E-state index is 0.160. The van der Waals surface area contributed by atoms with Gasteiger partial charge in [0.2, 0.25) is 10.0 Å². The smallest absolute Gasteiger partial charge is 0.293 e. The molecule has 0 unspecified atom stereocenters. The molecule has 2 aromatic carbocycles. The average molecular weight is 407 g/mol. The second kappa shape index (κ2) is 8.03. The fraction of sp³-hybridized carbons (Fsp3) is 0.333. The molecule has 0 aromatic heterocycles. The summed E-state index contributed by atoms with van der Waals surface area (Å²) in [5.74, 6) is 1.29. The van der Waals surface area contributed by atoms with Crippen LogP contribution in [0.4, 0.5) is 11.4 Å². The Morgan fingerprint density at radius 1 is 1.25 bits per heavy atom. The van der Waals surface area contributed by atoms with Crippen molar-refractivity contribution in [3.63, 3.8) is 0 Å². The van der Waals surface area contributed by atoms with E-state index in [1.54, 1.807) is 11.0 Å². The molecule has 1 N–H and O–H groups in total. The van der Waals surface area contributed by atoms with Gasteiger partial charge in [-0.1, -0.05) is 12.1 Å². The van der Waals surface area contributed by atoms with Crippen LogP contribution in [0.5, 0.6) is 11.5 Å². The number of likely N-dealkylation sites (N-methyl/N-ethyl adjacent to an activating group) is 1. The molecular weight excluding hydrogens is 386 g/mol. The van der Waals surface area contributed by atoms with Gasteiger partial charge >= 0.3 is 0 Å². The molecular formula is C18H21N3O6S. The predicted molar refractivity (Wildman–Crippen MR) is 104 cm³/mol. The number of para-hydroxylation sites is 2. The van der Waals surface area contributed by atoms with Gasteiger partial charge < -0.3 is 14.4 Å². The van der Waals surface area contributed by atoms with Crippen LogP contribution in [0.3, 0.4) is 0 Å². The van der Waals surface area contributed by atoms with E-state index in [-0.39, 0.29) is 16.7 Å². The number of fused-ring (bicyclic) bond motifs is 1. The highest BCUT2D eigenvalue weighted by molar-refractivity contribution is 7.89. The van der Waals surface area contributed by atoms with E-state index in [0.29, 0.717) is 36.9 Å². The number of benzene rings is 2. The third-order valence-electron chi connectivity index (χ3n) is 4.44. The fourth-order valence-corrected chi connectivity index (χ4v) is 3.75. The first-order valence-corrected chi connectivity index (χ1v) is 10.2. The van der Waals surface area contributed by atoms with E-state index in [1.165, 1.54) is 19.2 Å². The second-order valence-corrected chi connectivity index (χ2v) is 8.04. The molecule has 0 aliphatic carbocycles. The molecule has 150 valence electrons. The lowest BCUT2D eigenvalue weighted by molar-refractivity contribution is -0.384. The standard InChI is InChI=1S/C18H21N3O6S/c1-3-20(11-13-12-26-17-6-4-5-7-18(17)27-13)15-9-8-14(28(24,25)19-2)10-16(15)21(22)23/h4-10,13,19H,3,11-12H2,1-2H3/t13-/m0/s1. The van der Waals surface area contributed by atoms with E-state index in [0.717, 1.165) is 6.07 Å². The molecule has 0 amide bonds. The van der Waals surface area contributed by atoms with Gasteiger partial charge in [0, 0.05) is 12.6 Å². The summed E-state index contributed by atoms with van der Waals surface area (Å²) in [5.41, 5.74) is 0.0420. The van der Waals surface area contributed by atoms with Gasteiger partial charge in [0.05, 0.1) is 16.4 Å². The Morgan fingerprint density at radius 2 is 1.96 bits per heavy atom. The lowest BCUT2D eigenvalue weighted by Crippen LogP contribution is -2.41. The fourth-order valence-electron chi connectivity index (χ4n) is 3.00. The molecule has 2 aromatic rings. The molecule has 0 saturated carbocycles. The minimum atomic E-state index is -3.78. The molecule has 1 aliphatic heterocycles. The number of rotatable bonds is 7. The van der Waals surface area contributed by atoms with Gasteiger partial charge in [-0.25, -0.2) is 13.1 Å². The number of nitrogens with one attached hydrogen (secondary N) is 1. The molecule has 0 saturated heterocycles. The van der Waals surface area contributed by atoms with Gasteiger partial charge in [-0.05, 0) is 38.2 Å². The van der Waals surface area contributed by atoms with Crippen LogP contribution in [0.1, 0.15) is 6.92 Å². The van der Waals surface area contributed by atoms with Crippen molar-refractivity contribution < 1.29 is 22.8 Å². The summed E-state index contributed by atoms with van der Waals surface area (Å²) in [4.78, 5) is 12.6. The van der Waals surface area contributed by atoms with Crippen LogP contribution in [0.15, 0.2) is 47.4 Å². The van der Waals surface area contributed by atoms with Gasteiger partial charge in [0.1, 0.15) is 12.3 Å². The van der Waals surface area contributed by atoms with Crippen LogP contribution in [0.2, 0.25) is 0 Å². The zero-order chi connectivity index (χ0) is 20.3. The van der Waals surface area contributed by atoms with E-state index < -0.39 is 14.9 Å². The Kier molecular flexibility index (Phi) is 5.71. The highest BCUT2D eigenvalue weighted by atomic mass is 32.2. The second-order valence-electron chi connectivity index (χ2n) is 6.15. The lowest BCUT2D eigenvalue weighted by atomic mass is 10.2. The third kappa shape index (κ3) is 4.02. The monoisotopic (exact) mass is 407 g/mol. The SMILES string of the molecule is CCN(C[C@H]1COc2ccccc2O1)c1ccc(S(=O)(=O)NC)cc1[N+](=O)[O-]. The van der Waals surface area contributed by atoms with Crippen LogP contribution >= 0.6 is 0 Å². The van der Waals surface area contributed by atoms with E-state index in [9.17, 15) is 18.5 Å². The van der Waals surface area contributed by atoms with Crippen LogP contribution < -0.4 is 19.1 Å². The highest BCUT2D eigenvalue weighted by Gasteiger charge is 2.27. The Bertz CT molecular complexity index is 979. The van der Waals surface area contributed by atoms with Crippen LogP contribution in [-0.4, -0.2) is 46.2 Å². The predicted octanol–water partition coefficient (Wildman–Crippen LogP) is 2.17. The van der Waals surface area contributed by atoms with Crippen molar-refractivity contribution >= 4 is 21.4 Å². The number of sulfonamides is 1.